The van der Waals surface area contributed by atoms with Crippen LogP contribution in [-0.4, -0.2) is 64.7 Å². The fraction of sp³-hybridized carbons (Fsp3) is 0.500. The second kappa shape index (κ2) is 4.66. The molecule has 0 aromatic carbocycles. The standard InChI is InChI=1S/C10H14N6O5/c11-7-4-8(14-10(12)16(7)20)15(2-13-4)9-6(19)5(18)3(1-17)21-9/h2-3,5-6,9,12,17-20H,1,11H2. The average Bonchev–Trinajstić information content (AvgIpc) is 2.99. The highest BCUT2D eigenvalue weighted by Crippen LogP contribution is 2.31. The van der Waals surface area contributed by atoms with Gasteiger partial charge in [-0.15, -0.1) is 4.73 Å². The zero-order chi connectivity index (χ0) is 15.3. The number of anilines is 1. The first kappa shape index (κ1) is 13.8. The van der Waals surface area contributed by atoms with Crippen molar-refractivity contribution in [2.45, 2.75) is 24.5 Å². The molecule has 3 rings (SSSR count). The van der Waals surface area contributed by atoms with E-state index in [1.54, 1.807) is 0 Å². The van der Waals surface area contributed by atoms with Crippen LogP contribution in [0.2, 0.25) is 0 Å². The molecule has 114 valence electrons. The molecule has 11 nitrogen and oxygen atoms in total. The number of nitrogens with two attached hydrogens (primary N) is 1. The Bertz CT molecular complexity index is 741. The minimum Gasteiger partial charge on any atom is -0.423 e. The summed E-state index contributed by atoms with van der Waals surface area (Å²) in [6, 6.07) is 0. The van der Waals surface area contributed by atoms with Crippen molar-refractivity contribution in [3.63, 3.8) is 0 Å². The Morgan fingerprint density at radius 3 is 2.71 bits per heavy atom. The highest BCUT2D eigenvalue weighted by Gasteiger charge is 2.44. The smallest absolute Gasteiger partial charge is 0.259 e. The van der Waals surface area contributed by atoms with E-state index in [4.69, 9.17) is 21.0 Å². The van der Waals surface area contributed by atoms with E-state index in [9.17, 15) is 15.4 Å². The van der Waals surface area contributed by atoms with E-state index in [2.05, 4.69) is 9.97 Å². The molecule has 4 atom stereocenters. The van der Waals surface area contributed by atoms with Crippen LogP contribution >= 0.6 is 0 Å². The molecule has 0 radical (unpaired) electrons. The highest BCUT2D eigenvalue weighted by atomic mass is 16.6. The summed E-state index contributed by atoms with van der Waals surface area (Å²) in [4.78, 5) is 7.77. The van der Waals surface area contributed by atoms with Crippen LogP contribution in [0.4, 0.5) is 5.82 Å². The number of aliphatic hydroxyl groups is 3. The van der Waals surface area contributed by atoms with Gasteiger partial charge in [0.2, 0.25) is 0 Å². The number of aliphatic hydroxyl groups excluding tert-OH is 3. The number of imidazole rings is 1. The number of hydrogen-bond acceptors (Lipinski definition) is 9. The summed E-state index contributed by atoms with van der Waals surface area (Å²) in [7, 11) is 0. The molecule has 2 aromatic rings. The third-order valence-corrected chi connectivity index (χ3v) is 3.44. The third kappa shape index (κ3) is 1.86. The minimum absolute atomic E-state index is 0.109. The maximum atomic E-state index is 9.99. The molecule has 3 heterocycles. The molecule has 11 heteroatoms. The number of fused-ring (bicyclic) bond motifs is 1. The molecular formula is C10H14N6O5. The van der Waals surface area contributed by atoms with Crippen molar-refractivity contribution in [2.24, 2.45) is 0 Å². The molecule has 0 spiro atoms. The van der Waals surface area contributed by atoms with E-state index >= 15 is 0 Å². The fourth-order valence-corrected chi connectivity index (χ4v) is 2.30. The van der Waals surface area contributed by atoms with Crippen LogP contribution < -0.4 is 11.4 Å². The summed E-state index contributed by atoms with van der Waals surface area (Å²) in [5, 5.41) is 45.8. The number of hydrogen-bond donors (Lipinski definition) is 6. The first-order chi connectivity index (χ1) is 9.95. The van der Waals surface area contributed by atoms with Crippen molar-refractivity contribution in [2.75, 3.05) is 12.3 Å². The molecule has 1 fully saturated rings. The van der Waals surface area contributed by atoms with Gasteiger partial charge in [0.1, 0.15) is 18.3 Å². The summed E-state index contributed by atoms with van der Waals surface area (Å²) in [5.74, 6) is -0.185. The number of ether oxygens (including phenoxy) is 1. The zero-order valence-electron chi connectivity index (χ0n) is 10.7. The van der Waals surface area contributed by atoms with Crippen LogP contribution in [-0.2, 0) is 4.74 Å². The first-order valence-electron chi connectivity index (χ1n) is 6.07. The van der Waals surface area contributed by atoms with Crippen molar-refractivity contribution in [3.05, 3.63) is 11.9 Å². The molecule has 0 saturated carbocycles. The van der Waals surface area contributed by atoms with Gasteiger partial charge in [0, 0.05) is 0 Å². The molecule has 0 bridgehead atoms. The summed E-state index contributed by atoms with van der Waals surface area (Å²) < 4.78 is 7.02. The molecule has 1 saturated heterocycles. The molecule has 4 unspecified atom stereocenters. The fourth-order valence-electron chi connectivity index (χ4n) is 2.30. The Morgan fingerprint density at radius 1 is 1.38 bits per heavy atom. The Morgan fingerprint density at radius 2 is 2.10 bits per heavy atom. The SMILES string of the molecule is N=c1nc2c(ncn2C2OC(CO)C(O)C2O)c(N)n1O. The van der Waals surface area contributed by atoms with Gasteiger partial charge in [-0.05, 0) is 0 Å². The van der Waals surface area contributed by atoms with Gasteiger partial charge in [0.25, 0.3) is 5.62 Å². The highest BCUT2D eigenvalue weighted by molar-refractivity contribution is 5.81. The van der Waals surface area contributed by atoms with Gasteiger partial charge >= 0.3 is 0 Å². The maximum absolute atomic E-state index is 9.99. The van der Waals surface area contributed by atoms with E-state index in [1.165, 1.54) is 10.9 Å². The van der Waals surface area contributed by atoms with E-state index in [-0.39, 0.29) is 17.0 Å². The van der Waals surface area contributed by atoms with Crippen molar-refractivity contribution in [3.8, 4) is 0 Å². The summed E-state index contributed by atoms with van der Waals surface area (Å²) in [6.07, 6.45) is -3.30. The zero-order valence-corrected chi connectivity index (χ0v) is 10.7. The summed E-state index contributed by atoms with van der Waals surface area (Å²) in [5.41, 5.74) is 5.34. The van der Waals surface area contributed by atoms with Crippen LogP contribution in [0.5, 0.6) is 0 Å². The Labute approximate surface area is 116 Å². The van der Waals surface area contributed by atoms with E-state index in [0.717, 1.165) is 0 Å². The number of aromatic nitrogens is 4. The maximum Gasteiger partial charge on any atom is 0.259 e. The largest absolute Gasteiger partial charge is 0.423 e. The molecule has 21 heavy (non-hydrogen) atoms. The predicted octanol–water partition coefficient (Wildman–Crippen LogP) is -2.86. The lowest BCUT2D eigenvalue weighted by Crippen LogP contribution is -2.33. The van der Waals surface area contributed by atoms with Crippen molar-refractivity contribution in [1.29, 1.82) is 5.41 Å². The van der Waals surface area contributed by atoms with E-state index in [0.29, 0.717) is 4.73 Å². The van der Waals surface area contributed by atoms with Crippen molar-refractivity contribution in [1.82, 2.24) is 19.3 Å². The normalized spacial score (nSPS) is 29.3. The number of rotatable bonds is 2. The van der Waals surface area contributed by atoms with E-state index in [1.807, 2.05) is 0 Å². The van der Waals surface area contributed by atoms with Crippen LogP contribution in [0.15, 0.2) is 6.33 Å². The molecule has 7 N–H and O–H groups in total. The van der Waals surface area contributed by atoms with Crippen LogP contribution in [0.1, 0.15) is 6.23 Å². The van der Waals surface area contributed by atoms with Crippen molar-refractivity contribution >= 4 is 17.0 Å². The molecule has 0 amide bonds. The molecule has 1 aliphatic heterocycles. The minimum atomic E-state index is -1.31. The monoisotopic (exact) mass is 298 g/mol. The molecule has 0 aliphatic carbocycles. The van der Waals surface area contributed by atoms with Gasteiger partial charge in [-0.3, -0.25) is 9.98 Å². The predicted molar refractivity (Wildman–Crippen MR) is 66.0 cm³/mol. The van der Waals surface area contributed by atoms with E-state index < -0.39 is 36.8 Å². The van der Waals surface area contributed by atoms with Crippen molar-refractivity contribution < 1.29 is 25.3 Å². The topological polar surface area (TPSA) is 176 Å². The lowest BCUT2D eigenvalue weighted by molar-refractivity contribution is -0.0511. The lowest BCUT2D eigenvalue weighted by Gasteiger charge is -2.16. The second-order valence-electron chi connectivity index (χ2n) is 4.69. The lowest BCUT2D eigenvalue weighted by atomic mass is 10.1. The molecule has 2 aromatic heterocycles. The summed E-state index contributed by atoms with van der Waals surface area (Å²) >= 11 is 0. The van der Waals surface area contributed by atoms with Crippen LogP contribution in [0.25, 0.3) is 11.2 Å². The first-order valence-corrected chi connectivity index (χ1v) is 6.07. The second-order valence-corrected chi connectivity index (χ2v) is 4.69. The van der Waals surface area contributed by atoms with Gasteiger partial charge in [-0.1, -0.05) is 0 Å². The van der Waals surface area contributed by atoms with Gasteiger partial charge in [-0.25, -0.2) is 4.98 Å². The van der Waals surface area contributed by atoms with Gasteiger partial charge < -0.3 is 31.0 Å². The Balaban J connectivity index is 2.12. The van der Waals surface area contributed by atoms with Crippen LogP contribution in [0.3, 0.4) is 0 Å². The Kier molecular flexibility index (Phi) is 3.06. The molecular weight excluding hydrogens is 284 g/mol. The molecule has 1 aliphatic rings. The third-order valence-electron chi connectivity index (χ3n) is 3.44. The average molecular weight is 298 g/mol. The van der Waals surface area contributed by atoms with Gasteiger partial charge in [0.05, 0.1) is 12.9 Å². The quantitative estimate of drug-likeness (QED) is 0.321. The Hall–Kier alpha value is -2.21. The van der Waals surface area contributed by atoms with Gasteiger partial charge in [0.15, 0.2) is 23.2 Å². The number of nitrogens with one attached hydrogen (secondary N) is 1. The van der Waals surface area contributed by atoms with Crippen LogP contribution in [0, 0.1) is 5.41 Å². The number of nitrogens with zero attached hydrogens (tertiary/aromatic N) is 4. The summed E-state index contributed by atoms with van der Waals surface area (Å²) in [6.45, 7) is -0.461. The van der Waals surface area contributed by atoms with Gasteiger partial charge in [-0.2, -0.15) is 4.98 Å². The number of nitrogen functional groups attached to an aromatic ring is 1.